The number of carbonyl (C=O) groups excluding carboxylic acids is 2. The fourth-order valence-corrected chi connectivity index (χ4v) is 5.54. The Labute approximate surface area is 231 Å². The second-order valence-electron chi connectivity index (χ2n) is 10.4. The highest BCUT2D eigenvalue weighted by Crippen LogP contribution is 2.33. The maximum Gasteiger partial charge on any atom is 0.503 e. The van der Waals surface area contributed by atoms with Gasteiger partial charge in [0.1, 0.15) is 16.3 Å². The summed E-state index contributed by atoms with van der Waals surface area (Å²) in [4.78, 5) is 50.4. The van der Waals surface area contributed by atoms with E-state index in [9.17, 15) is 40.8 Å². The summed E-state index contributed by atoms with van der Waals surface area (Å²) in [6, 6.07) is 5.63. The molecule has 0 radical (unpaired) electrons. The van der Waals surface area contributed by atoms with Gasteiger partial charge in [-0.15, -0.1) is 0 Å². The van der Waals surface area contributed by atoms with Crippen molar-refractivity contribution >= 4 is 38.2 Å². The van der Waals surface area contributed by atoms with Gasteiger partial charge >= 0.3 is 11.2 Å². The standard InChI is InChI=1S/C27H25F3N4O6S/c1-32-22(41(39,40)27(28,29)30)14-20-23(32)25(37)33(2)26(38)34(20)9-3-4-15-10-16(13-21(35)17-5-6-17)12-19(11-15)31-24(36)18-7-8-18/h10-12,14,17-18H,5-9,13H2,1-2H3,(H,31,36). The van der Waals surface area contributed by atoms with E-state index in [-0.39, 0.29) is 35.5 Å². The van der Waals surface area contributed by atoms with Gasteiger partial charge in [0.2, 0.25) is 5.91 Å². The first-order valence-electron chi connectivity index (χ1n) is 12.8. The van der Waals surface area contributed by atoms with Crippen molar-refractivity contribution in [2.24, 2.45) is 25.9 Å². The summed E-state index contributed by atoms with van der Waals surface area (Å²) in [6.45, 7) is -0.395. The van der Waals surface area contributed by atoms with Crippen molar-refractivity contribution in [3.63, 3.8) is 0 Å². The van der Waals surface area contributed by atoms with E-state index in [0.29, 0.717) is 32.0 Å². The Balaban J connectivity index is 1.53. The quantitative estimate of drug-likeness (QED) is 0.421. The number of carbonyl (C=O) groups is 2. The molecule has 2 saturated carbocycles. The van der Waals surface area contributed by atoms with E-state index in [4.69, 9.17) is 0 Å². The van der Waals surface area contributed by atoms with Gasteiger partial charge < -0.3 is 9.88 Å². The lowest BCUT2D eigenvalue weighted by Gasteiger charge is -2.09. The molecule has 3 aromatic rings. The molecule has 216 valence electrons. The molecule has 1 N–H and O–H groups in total. The van der Waals surface area contributed by atoms with Crippen LogP contribution in [0.25, 0.3) is 11.0 Å². The number of anilines is 1. The molecule has 5 rings (SSSR count). The first kappa shape index (κ1) is 28.4. The van der Waals surface area contributed by atoms with Crippen molar-refractivity contribution in [3.8, 4) is 11.8 Å². The zero-order chi connectivity index (χ0) is 29.9. The molecule has 2 aliphatic rings. The van der Waals surface area contributed by atoms with Crippen LogP contribution in [-0.2, 0) is 46.5 Å². The Morgan fingerprint density at radius 1 is 1.00 bits per heavy atom. The molecule has 0 saturated heterocycles. The van der Waals surface area contributed by atoms with Crippen LogP contribution in [0.5, 0.6) is 0 Å². The van der Waals surface area contributed by atoms with E-state index in [2.05, 4.69) is 17.2 Å². The summed E-state index contributed by atoms with van der Waals surface area (Å²) >= 11 is 0. The molecule has 41 heavy (non-hydrogen) atoms. The number of rotatable bonds is 7. The number of ketones is 1. The van der Waals surface area contributed by atoms with Crippen LogP contribution in [-0.4, -0.2) is 39.3 Å². The van der Waals surface area contributed by atoms with E-state index in [0.717, 1.165) is 44.3 Å². The van der Waals surface area contributed by atoms with Crippen molar-refractivity contribution in [3.05, 3.63) is 56.2 Å². The van der Waals surface area contributed by atoms with Gasteiger partial charge in [0.25, 0.3) is 15.4 Å². The number of sulfone groups is 1. The second kappa shape index (κ2) is 10.1. The van der Waals surface area contributed by atoms with E-state index < -0.39 is 43.7 Å². The summed E-state index contributed by atoms with van der Waals surface area (Å²) in [7, 11) is -3.71. The van der Waals surface area contributed by atoms with Crippen LogP contribution in [0.1, 0.15) is 36.8 Å². The minimum atomic E-state index is -5.82. The van der Waals surface area contributed by atoms with Crippen molar-refractivity contribution in [2.75, 3.05) is 5.32 Å². The highest BCUT2D eigenvalue weighted by molar-refractivity contribution is 7.92. The number of nitrogens with zero attached hydrogens (tertiary/aromatic N) is 3. The number of benzene rings is 1. The first-order valence-corrected chi connectivity index (χ1v) is 14.2. The van der Waals surface area contributed by atoms with E-state index >= 15 is 0 Å². The minimum absolute atomic E-state index is 0.0326. The van der Waals surface area contributed by atoms with Crippen molar-refractivity contribution in [2.45, 2.75) is 49.2 Å². The van der Waals surface area contributed by atoms with Crippen LogP contribution in [0, 0.1) is 23.7 Å². The number of halogens is 3. The normalized spacial score (nSPS) is 15.4. The second-order valence-corrected chi connectivity index (χ2v) is 12.2. The Morgan fingerprint density at radius 3 is 2.27 bits per heavy atom. The summed E-state index contributed by atoms with van der Waals surface area (Å²) < 4.78 is 66.2. The predicted octanol–water partition coefficient (Wildman–Crippen LogP) is 2.25. The molecule has 14 heteroatoms. The molecule has 2 fully saturated rings. The van der Waals surface area contributed by atoms with Gasteiger partial charge in [-0.05, 0) is 49.4 Å². The zero-order valence-electron chi connectivity index (χ0n) is 22.0. The predicted molar refractivity (Wildman–Crippen MR) is 142 cm³/mol. The number of nitrogens with one attached hydrogen (secondary N) is 1. The summed E-state index contributed by atoms with van der Waals surface area (Å²) in [5, 5.41) is 1.64. The number of Topliss-reactive ketones (excluding diaryl/α,β-unsaturated/α-hetero) is 1. The third kappa shape index (κ3) is 5.46. The summed E-state index contributed by atoms with van der Waals surface area (Å²) in [6.07, 6.45) is 3.45. The molecule has 1 aromatic carbocycles. The maximum absolute atomic E-state index is 13.3. The third-order valence-corrected chi connectivity index (χ3v) is 8.71. The SMILES string of the molecule is Cn1c(=O)c2c(cc(S(=O)(=O)C(F)(F)F)n2C)n(CC#Cc2cc(CC(=O)C3CC3)cc(NC(=O)C3CC3)c2)c1=O. The molecule has 0 atom stereocenters. The molecule has 2 aliphatic carbocycles. The largest absolute Gasteiger partial charge is 0.503 e. The minimum Gasteiger partial charge on any atom is -0.329 e. The maximum atomic E-state index is 13.3. The van der Waals surface area contributed by atoms with Crippen LogP contribution in [0.15, 0.2) is 38.9 Å². The number of hydrogen-bond donors (Lipinski definition) is 1. The summed E-state index contributed by atoms with van der Waals surface area (Å²) in [5.41, 5.74) is -6.71. The highest BCUT2D eigenvalue weighted by atomic mass is 32.2. The Hall–Kier alpha value is -4.12. The van der Waals surface area contributed by atoms with Crippen molar-refractivity contribution < 1.29 is 31.2 Å². The lowest BCUT2D eigenvalue weighted by atomic mass is 10.0. The molecular formula is C27H25F3N4O6S. The van der Waals surface area contributed by atoms with Crippen molar-refractivity contribution in [1.82, 2.24) is 13.7 Å². The average molecular weight is 591 g/mol. The van der Waals surface area contributed by atoms with E-state index in [1.807, 2.05) is 0 Å². The summed E-state index contributed by atoms with van der Waals surface area (Å²) in [5.74, 6) is 5.52. The van der Waals surface area contributed by atoms with Crippen LogP contribution in [0.4, 0.5) is 18.9 Å². The van der Waals surface area contributed by atoms with Crippen LogP contribution < -0.4 is 16.6 Å². The van der Waals surface area contributed by atoms with Gasteiger partial charge in [-0.2, -0.15) is 13.2 Å². The fraction of sp³-hybridized carbons (Fsp3) is 0.407. The Morgan fingerprint density at radius 2 is 1.66 bits per heavy atom. The number of aromatic nitrogens is 3. The fourth-order valence-electron chi connectivity index (χ4n) is 4.58. The van der Waals surface area contributed by atoms with Gasteiger partial charge in [-0.1, -0.05) is 11.8 Å². The molecule has 0 unspecified atom stereocenters. The van der Waals surface area contributed by atoms with Crippen molar-refractivity contribution in [1.29, 1.82) is 0 Å². The topological polar surface area (TPSA) is 129 Å². The van der Waals surface area contributed by atoms with Gasteiger partial charge in [-0.3, -0.25) is 23.5 Å². The Bertz CT molecular complexity index is 1850. The monoisotopic (exact) mass is 590 g/mol. The molecular weight excluding hydrogens is 565 g/mol. The molecule has 2 aromatic heterocycles. The van der Waals surface area contributed by atoms with Gasteiger partial charge in [0, 0.05) is 49.7 Å². The Kier molecular flexibility index (Phi) is 6.97. The molecule has 2 heterocycles. The van der Waals surface area contributed by atoms with Crippen LogP contribution in [0.3, 0.4) is 0 Å². The smallest absolute Gasteiger partial charge is 0.329 e. The number of amides is 1. The number of aryl methyl sites for hydroxylation is 1. The van der Waals surface area contributed by atoms with Gasteiger partial charge in [-0.25, -0.2) is 13.2 Å². The zero-order valence-corrected chi connectivity index (χ0v) is 22.9. The molecule has 10 nitrogen and oxygen atoms in total. The molecule has 1 amide bonds. The third-order valence-electron chi connectivity index (χ3n) is 7.15. The average Bonchev–Trinajstić information content (AvgIpc) is 3.80. The number of alkyl halides is 3. The van der Waals surface area contributed by atoms with E-state index in [1.54, 1.807) is 18.2 Å². The lowest BCUT2D eigenvalue weighted by molar-refractivity contribution is -0.119. The van der Waals surface area contributed by atoms with Crippen LogP contribution >= 0.6 is 0 Å². The van der Waals surface area contributed by atoms with E-state index in [1.165, 1.54) is 0 Å². The number of hydrogen-bond acceptors (Lipinski definition) is 6. The van der Waals surface area contributed by atoms with Crippen LogP contribution in [0.2, 0.25) is 0 Å². The number of fused-ring (bicyclic) bond motifs is 1. The van der Waals surface area contributed by atoms with Gasteiger partial charge in [0.15, 0.2) is 0 Å². The molecule has 0 spiro atoms. The highest BCUT2D eigenvalue weighted by Gasteiger charge is 2.49. The molecule has 0 bridgehead atoms. The molecule has 0 aliphatic heterocycles. The lowest BCUT2D eigenvalue weighted by Crippen LogP contribution is -2.38. The first-order chi connectivity index (χ1) is 19.2. The van der Waals surface area contributed by atoms with Gasteiger partial charge in [0.05, 0.1) is 12.1 Å².